The van der Waals surface area contributed by atoms with E-state index in [0.717, 1.165) is 11.8 Å². The number of hydrogen-bond donors (Lipinski definition) is 0. The van der Waals surface area contributed by atoms with Gasteiger partial charge in [-0.25, -0.2) is 16.8 Å². The lowest BCUT2D eigenvalue weighted by Gasteiger charge is -2.38. The van der Waals surface area contributed by atoms with Gasteiger partial charge in [0.05, 0.1) is 25.9 Å². The van der Waals surface area contributed by atoms with Crippen LogP contribution in [0.1, 0.15) is 0 Å². The van der Waals surface area contributed by atoms with Gasteiger partial charge in [-0.05, 0) is 72.8 Å². The van der Waals surface area contributed by atoms with Gasteiger partial charge in [-0.2, -0.15) is 0 Å². The molecule has 4 aromatic rings. The number of sulfone groups is 2. The van der Waals surface area contributed by atoms with E-state index in [9.17, 15) is 0 Å². The molecule has 1 heterocycles. The third-order valence-corrected chi connectivity index (χ3v) is 33.5. The topological polar surface area (TPSA) is 68.3 Å². The summed E-state index contributed by atoms with van der Waals surface area (Å²) >= 11 is 16.5. The highest BCUT2D eigenvalue weighted by atomic mass is 35.5. The van der Waals surface area contributed by atoms with E-state index in [0.29, 0.717) is 19.8 Å². The van der Waals surface area contributed by atoms with Gasteiger partial charge in [0.15, 0.2) is 0 Å². The molecule has 14 heteroatoms. The SMILES string of the molecule is C[Si](C)(C)C1SC(Sc2ccc(Cl)cc2)(S(=O)(=O)c2ccccc2)/S(=C(/Sc2ccc(Cl)cc2)S(=O)(=O)c2ccccc2)C1[Si](C)(C)C. The highest BCUT2D eigenvalue weighted by molar-refractivity contribution is 8.62. The van der Waals surface area contributed by atoms with Crippen molar-refractivity contribution in [2.45, 2.75) is 71.4 Å². The molecule has 1 saturated heterocycles. The number of benzene rings is 4. The summed E-state index contributed by atoms with van der Waals surface area (Å²) in [4.78, 5) is 1.50. The molecule has 0 spiro atoms. The van der Waals surface area contributed by atoms with E-state index >= 15 is 16.8 Å². The van der Waals surface area contributed by atoms with Crippen molar-refractivity contribution in [1.29, 1.82) is 0 Å². The molecule has 4 aromatic carbocycles. The molecule has 1 aliphatic rings. The van der Waals surface area contributed by atoms with E-state index in [2.05, 4.69) is 39.3 Å². The summed E-state index contributed by atoms with van der Waals surface area (Å²) in [5.74, 6) is 0. The number of halogens is 2. The Bertz CT molecular complexity index is 2020. The van der Waals surface area contributed by atoms with Crippen molar-refractivity contribution in [3.8, 4) is 0 Å². The molecule has 48 heavy (non-hydrogen) atoms. The Morgan fingerprint density at radius 2 is 1.12 bits per heavy atom. The molecule has 1 aliphatic heterocycles. The van der Waals surface area contributed by atoms with Gasteiger partial charge in [-0.1, -0.05) is 122 Å². The molecule has 0 amide bonds. The van der Waals surface area contributed by atoms with Gasteiger partial charge in [-0.3, -0.25) is 0 Å². The van der Waals surface area contributed by atoms with Crippen molar-refractivity contribution in [2.24, 2.45) is 0 Å². The molecule has 4 unspecified atom stereocenters. The molecule has 5 rings (SSSR count). The average Bonchev–Trinajstić information content (AvgIpc) is 3.40. The Balaban J connectivity index is 2.01. The first kappa shape index (κ1) is 38.3. The fourth-order valence-corrected chi connectivity index (χ4v) is 38.1. The molecule has 4 atom stereocenters. The molecule has 256 valence electrons. The van der Waals surface area contributed by atoms with Gasteiger partial charge in [0.1, 0.15) is 3.53 Å². The largest absolute Gasteiger partial charge is 0.220 e. The summed E-state index contributed by atoms with van der Waals surface area (Å²) in [5.41, 5.74) is 0. The van der Waals surface area contributed by atoms with Crippen LogP contribution in [0.4, 0.5) is 0 Å². The second-order valence-corrected chi connectivity index (χ2v) is 38.2. The van der Waals surface area contributed by atoms with E-state index in [4.69, 9.17) is 23.2 Å². The standard InChI is InChI=1S/C34H38Cl2O4S6Si2/c1-47(2,3)31-32(48(4,5)6)44(33(41-27-21-17-25(35)18-22-27)45(37,38)29-13-9-7-10-14-29)34(43-31,42-28-23-19-26(36)20-24-28)46(39,40)30-15-11-8-12-16-30/h7-24,31-32H,1-6H3. The highest BCUT2D eigenvalue weighted by Gasteiger charge is 2.65. The van der Waals surface area contributed by atoms with Gasteiger partial charge in [0, 0.05) is 29.6 Å². The fraction of sp³-hybridized carbons (Fsp3) is 0.265. The quantitative estimate of drug-likeness (QED) is 0.0995. The Kier molecular flexibility index (Phi) is 11.6. The maximum absolute atomic E-state index is 15.6. The first-order valence-electron chi connectivity index (χ1n) is 15.1. The first-order valence-corrected chi connectivity index (χ1v) is 29.8. The molecule has 0 aromatic heterocycles. The summed E-state index contributed by atoms with van der Waals surface area (Å²) in [5, 5.41) is 1.07. The predicted octanol–water partition coefficient (Wildman–Crippen LogP) is 11.0. The summed E-state index contributed by atoms with van der Waals surface area (Å²) in [6.45, 7) is 13.6. The van der Waals surface area contributed by atoms with E-state index in [1.807, 2.05) is 12.1 Å². The van der Waals surface area contributed by atoms with E-state index in [1.165, 1.54) is 23.5 Å². The van der Waals surface area contributed by atoms with Crippen LogP contribution in [0.15, 0.2) is 129 Å². The summed E-state index contributed by atoms with van der Waals surface area (Å²) in [6.07, 6.45) is 0. The summed E-state index contributed by atoms with van der Waals surface area (Å²) < 4.78 is 60.1. The Hall–Kier alpha value is -0.936. The maximum Gasteiger partial charge on any atom is 0.218 e. The minimum atomic E-state index is -4.20. The van der Waals surface area contributed by atoms with Crippen LogP contribution in [0.5, 0.6) is 0 Å². The third kappa shape index (κ3) is 7.78. The van der Waals surface area contributed by atoms with Crippen LogP contribution in [0.25, 0.3) is 0 Å². The van der Waals surface area contributed by atoms with Crippen LogP contribution in [0.2, 0.25) is 49.3 Å². The Labute approximate surface area is 313 Å². The van der Waals surface area contributed by atoms with E-state index < -0.39 is 49.0 Å². The van der Waals surface area contributed by atoms with Crippen LogP contribution < -0.4 is 0 Å². The smallest absolute Gasteiger partial charge is 0.218 e. The van der Waals surface area contributed by atoms with Crippen LogP contribution in [-0.4, -0.2) is 49.0 Å². The fourth-order valence-electron chi connectivity index (χ4n) is 5.40. The van der Waals surface area contributed by atoms with Crippen molar-refractivity contribution in [3.05, 3.63) is 119 Å². The van der Waals surface area contributed by atoms with E-state index in [1.54, 1.807) is 97.1 Å². The normalized spacial score (nSPS) is 22.4. The second-order valence-electron chi connectivity index (χ2n) is 13.5. The molecule has 0 saturated carbocycles. The van der Waals surface area contributed by atoms with Gasteiger partial charge in [-0.15, -0.1) is 22.2 Å². The van der Waals surface area contributed by atoms with Crippen molar-refractivity contribution in [2.75, 3.05) is 0 Å². The number of thioether (sulfide) groups is 3. The number of hydrogen-bond acceptors (Lipinski definition) is 7. The van der Waals surface area contributed by atoms with Crippen LogP contribution in [0.3, 0.4) is 0 Å². The maximum atomic E-state index is 15.6. The zero-order valence-corrected chi connectivity index (χ0v) is 35.8. The van der Waals surface area contributed by atoms with Crippen LogP contribution in [-0.2, 0) is 19.7 Å². The van der Waals surface area contributed by atoms with Crippen molar-refractivity contribution < 1.29 is 16.8 Å². The van der Waals surface area contributed by atoms with Crippen molar-refractivity contribution in [3.63, 3.8) is 0 Å². The van der Waals surface area contributed by atoms with Crippen molar-refractivity contribution in [1.82, 2.24) is 0 Å². The zero-order valence-electron chi connectivity index (χ0n) is 27.4. The van der Waals surface area contributed by atoms with Gasteiger partial charge < -0.3 is 0 Å². The monoisotopic (exact) mass is 828 g/mol. The van der Waals surface area contributed by atoms with E-state index in [-0.39, 0.29) is 23.1 Å². The molecule has 0 N–H and O–H groups in total. The van der Waals surface area contributed by atoms with Crippen LogP contribution in [0, 0.1) is 0 Å². The zero-order chi connectivity index (χ0) is 35.1. The molecule has 0 aliphatic carbocycles. The van der Waals surface area contributed by atoms with Crippen molar-refractivity contribution >= 4 is 108 Å². The lowest BCUT2D eigenvalue weighted by Crippen LogP contribution is -2.51. The Morgan fingerprint density at radius 1 is 0.667 bits per heavy atom. The summed E-state index contributed by atoms with van der Waals surface area (Å²) in [6, 6.07) is 31.2. The van der Waals surface area contributed by atoms with Gasteiger partial charge in [0.2, 0.25) is 22.4 Å². The van der Waals surface area contributed by atoms with Crippen LogP contribution >= 0.6 is 69.0 Å². The molecular weight excluding hydrogens is 792 g/mol. The Morgan fingerprint density at radius 3 is 1.58 bits per heavy atom. The molecule has 1 fully saturated rings. The molecule has 0 radical (unpaired) electrons. The minimum absolute atomic E-state index is 0.0439. The van der Waals surface area contributed by atoms with Gasteiger partial charge >= 0.3 is 0 Å². The molecular formula is C34H38Cl2O4S6Si2. The minimum Gasteiger partial charge on any atom is -0.220 e. The lowest BCUT2D eigenvalue weighted by atomic mass is 10.4. The van der Waals surface area contributed by atoms with Gasteiger partial charge in [0.25, 0.3) is 0 Å². The predicted molar refractivity (Wildman–Crippen MR) is 219 cm³/mol. The molecule has 0 bridgehead atoms. The summed E-state index contributed by atoms with van der Waals surface area (Å²) in [7, 11) is -14.2. The second kappa shape index (κ2) is 14.6. The number of rotatable bonds is 8. The molecule has 4 nitrogen and oxygen atoms in total. The first-order chi connectivity index (χ1) is 22.4. The highest BCUT2D eigenvalue weighted by Crippen LogP contribution is 2.72. The third-order valence-electron chi connectivity index (χ3n) is 7.68. The average molecular weight is 830 g/mol. The lowest BCUT2D eigenvalue weighted by molar-refractivity contribution is 0.597.